The van der Waals surface area contributed by atoms with Crippen LogP contribution < -0.4 is 5.73 Å². The van der Waals surface area contributed by atoms with E-state index in [1.54, 1.807) is 11.3 Å². The lowest BCUT2D eigenvalue weighted by Crippen LogP contribution is -2.40. The normalized spacial score (nSPS) is 33.1. The van der Waals surface area contributed by atoms with E-state index in [0.29, 0.717) is 0 Å². The zero-order valence-electron chi connectivity index (χ0n) is 8.83. The summed E-state index contributed by atoms with van der Waals surface area (Å²) in [5, 5.41) is 4.35. The van der Waals surface area contributed by atoms with Crippen molar-refractivity contribution in [2.24, 2.45) is 11.7 Å². The molecule has 0 bridgehead atoms. The lowest BCUT2D eigenvalue weighted by atomic mass is 9.73. The molecule has 0 aliphatic heterocycles. The molecule has 1 aliphatic carbocycles. The minimum atomic E-state index is -0.00826. The Labute approximate surface area is 90.3 Å². The van der Waals surface area contributed by atoms with Crippen LogP contribution in [0, 0.1) is 5.92 Å². The molecule has 1 aromatic heterocycles. The minimum absolute atomic E-state index is 0.00826. The van der Waals surface area contributed by atoms with E-state index in [9.17, 15) is 0 Å². The fraction of sp³-hybridized carbons (Fsp3) is 0.667. The molecule has 0 unspecified atom stereocenters. The Morgan fingerprint density at radius 1 is 1.50 bits per heavy atom. The average molecular weight is 209 g/mol. The molecule has 1 nitrogen and oxygen atoms in total. The van der Waals surface area contributed by atoms with E-state index in [0.717, 1.165) is 5.92 Å². The van der Waals surface area contributed by atoms with Gasteiger partial charge < -0.3 is 5.73 Å². The third-order valence-corrected chi connectivity index (χ3v) is 4.35. The molecule has 0 aromatic carbocycles. The lowest BCUT2D eigenvalue weighted by Gasteiger charge is -2.36. The third kappa shape index (κ3) is 1.86. The summed E-state index contributed by atoms with van der Waals surface area (Å²) < 4.78 is 0. The Morgan fingerprint density at radius 3 is 2.71 bits per heavy atom. The molecule has 0 spiro atoms. The highest BCUT2D eigenvalue weighted by Crippen LogP contribution is 2.39. The van der Waals surface area contributed by atoms with Gasteiger partial charge in [-0.2, -0.15) is 11.3 Å². The van der Waals surface area contributed by atoms with Gasteiger partial charge >= 0.3 is 0 Å². The van der Waals surface area contributed by atoms with Gasteiger partial charge in [0.2, 0.25) is 0 Å². The monoisotopic (exact) mass is 209 g/mol. The van der Waals surface area contributed by atoms with Crippen molar-refractivity contribution in [3.05, 3.63) is 22.4 Å². The van der Waals surface area contributed by atoms with E-state index in [1.165, 1.54) is 37.7 Å². The molecule has 2 rings (SSSR count). The SMILES string of the molecule is CCC1CCC(N)(c2ccsc2)CC1. The van der Waals surface area contributed by atoms with Gasteiger partial charge in [0.05, 0.1) is 0 Å². The van der Waals surface area contributed by atoms with Crippen molar-refractivity contribution in [1.29, 1.82) is 0 Å². The van der Waals surface area contributed by atoms with Crippen LogP contribution in [-0.2, 0) is 5.54 Å². The van der Waals surface area contributed by atoms with Crippen molar-refractivity contribution in [1.82, 2.24) is 0 Å². The predicted octanol–water partition coefficient (Wildman–Crippen LogP) is 3.50. The van der Waals surface area contributed by atoms with Crippen LogP contribution in [0.25, 0.3) is 0 Å². The number of hydrogen-bond donors (Lipinski definition) is 1. The molecule has 0 atom stereocenters. The minimum Gasteiger partial charge on any atom is -0.321 e. The fourth-order valence-corrected chi connectivity index (χ4v) is 3.20. The van der Waals surface area contributed by atoms with Gasteiger partial charge in [-0.15, -0.1) is 0 Å². The molecular formula is C12H19NS. The topological polar surface area (TPSA) is 26.0 Å². The average Bonchev–Trinajstić information content (AvgIpc) is 2.72. The van der Waals surface area contributed by atoms with Gasteiger partial charge in [0.15, 0.2) is 0 Å². The second kappa shape index (κ2) is 4.03. The van der Waals surface area contributed by atoms with Crippen LogP contribution in [-0.4, -0.2) is 0 Å². The first kappa shape index (κ1) is 10.2. The smallest absolute Gasteiger partial charge is 0.0418 e. The predicted molar refractivity (Wildman–Crippen MR) is 62.4 cm³/mol. The number of nitrogens with two attached hydrogens (primary N) is 1. The maximum atomic E-state index is 6.45. The first-order valence-electron chi connectivity index (χ1n) is 5.56. The molecule has 78 valence electrons. The van der Waals surface area contributed by atoms with Crippen molar-refractivity contribution in [3.63, 3.8) is 0 Å². The third-order valence-electron chi connectivity index (χ3n) is 3.67. The Hall–Kier alpha value is -0.340. The van der Waals surface area contributed by atoms with E-state index >= 15 is 0 Å². The van der Waals surface area contributed by atoms with E-state index in [4.69, 9.17) is 5.73 Å². The van der Waals surface area contributed by atoms with Gasteiger partial charge in [-0.25, -0.2) is 0 Å². The summed E-state index contributed by atoms with van der Waals surface area (Å²) in [5.41, 5.74) is 7.80. The van der Waals surface area contributed by atoms with Crippen LogP contribution >= 0.6 is 11.3 Å². The molecule has 14 heavy (non-hydrogen) atoms. The maximum Gasteiger partial charge on any atom is 0.0418 e. The molecule has 1 heterocycles. The Balaban J connectivity index is 2.06. The maximum absolute atomic E-state index is 6.45. The summed E-state index contributed by atoms with van der Waals surface area (Å²) in [6.07, 6.45) is 6.27. The molecule has 0 saturated heterocycles. The number of thiophene rings is 1. The molecule has 2 heteroatoms. The van der Waals surface area contributed by atoms with E-state index in [1.807, 2.05) is 0 Å². The van der Waals surface area contributed by atoms with Crippen LogP contribution in [0.15, 0.2) is 16.8 Å². The van der Waals surface area contributed by atoms with Gasteiger partial charge in [-0.3, -0.25) is 0 Å². The van der Waals surface area contributed by atoms with Crippen LogP contribution in [0.3, 0.4) is 0 Å². The molecule has 1 aliphatic rings. The first-order chi connectivity index (χ1) is 6.74. The number of hydrogen-bond acceptors (Lipinski definition) is 2. The van der Waals surface area contributed by atoms with Crippen LogP contribution in [0.5, 0.6) is 0 Å². The van der Waals surface area contributed by atoms with Gasteiger partial charge in [0, 0.05) is 5.54 Å². The van der Waals surface area contributed by atoms with Gasteiger partial charge in [-0.1, -0.05) is 13.3 Å². The molecule has 0 radical (unpaired) electrons. The van der Waals surface area contributed by atoms with Crippen LogP contribution in [0.2, 0.25) is 0 Å². The largest absolute Gasteiger partial charge is 0.321 e. The Kier molecular flexibility index (Phi) is 2.93. The van der Waals surface area contributed by atoms with Crippen molar-refractivity contribution in [3.8, 4) is 0 Å². The summed E-state index contributed by atoms with van der Waals surface area (Å²) >= 11 is 1.76. The van der Waals surface area contributed by atoms with Crippen molar-refractivity contribution < 1.29 is 0 Å². The summed E-state index contributed by atoms with van der Waals surface area (Å²) in [6, 6.07) is 2.19. The Morgan fingerprint density at radius 2 is 2.21 bits per heavy atom. The van der Waals surface area contributed by atoms with Crippen molar-refractivity contribution in [2.75, 3.05) is 0 Å². The molecule has 0 amide bonds. The summed E-state index contributed by atoms with van der Waals surface area (Å²) in [7, 11) is 0. The van der Waals surface area contributed by atoms with E-state index in [-0.39, 0.29) is 5.54 Å². The van der Waals surface area contributed by atoms with Crippen LogP contribution in [0.1, 0.15) is 44.6 Å². The second-order valence-corrected chi connectivity index (χ2v) is 5.30. The standard InChI is InChI=1S/C12H19NS/c1-2-10-3-6-12(13,7-4-10)11-5-8-14-9-11/h5,8-10H,2-4,6-7,13H2,1H3. The highest BCUT2D eigenvalue weighted by atomic mass is 32.1. The molecule has 1 fully saturated rings. The fourth-order valence-electron chi connectivity index (χ4n) is 2.44. The van der Waals surface area contributed by atoms with Gasteiger partial charge in [0.1, 0.15) is 0 Å². The van der Waals surface area contributed by atoms with Gasteiger partial charge in [-0.05, 0) is 54.0 Å². The molecule has 1 aromatic rings. The highest BCUT2D eigenvalue weighted by Gasteiger charge is 2.32. The summed E-state index contributed by atoms with van der Waals surface area (Å²) in [6.45, 7) is 2.29. The number of rotatable bonds is 2. The highest BCUT2D eigenvalue weighted by molar-refractivity contribution is 7.08. The van der Waals surface area contributed by atoms with Gasteiger partial charge in [0.25, 0.3) is 0 Å². The quantitative estimate of drug-likeness (QED) is 0.792. The van der Waals surface area contributed by atoms with E-state index < -0.39 is 0 Å². The lowest BCUT2D eigenvalue weighted by molar-refractivity contribution is 0.232. The molecule has 2 N–H and O–H groups in total. The van der Waals surface area contributed by atoms with Crippen molar-refractivity contribution >= 4 is 11.3 Å². The van der Waals surface area contributed by atoms with Crippen LogP contribution in [0.4, 0.5) is 0 Å². The summed E-state index contributed by atoms with van der Waals surface area (Å²) in [4.78, 5) is 0. The van der Waals surface area contributed by atoms with E-state index in [2.05, 4.69) is 23.8 Å². The first-order valence-corrected chi connectivity index (χ1v) is 6.50. The summed E-state index contributed by atoms with van der Waals surface area (Å²) in [5.74, 6) is 0.922. The zero-order chi connectivity index (χ0) is 10.0. The zero-order valence-corrected chi connectivity index (χ0v) is 9.65. The Bertz CT molecular complexity index is 271. The van der Waals surface area contributed by atoms with Crippen molar-refractivity contribution in [2.45, 2.75) is 44.6 Å². The second-order valence-electron chi connectivity index (χ2n) is 4.52. The molecular weight excluding hydrogens is 190 g/mol. The molecule has 1 saturated carbocycles.